The summed E-state index contributed by atoms with van der Waals surface area (Å²) in [6.45, 7) is 1.18. The molecule has 2 aromatic heterocycles. The number of carboxylic acid groups (broad SMARTS) is 1. The van der Waals surface area contributed by atoms with E-state index in [1.54, 1.807) is 12.4 Å². The van der Waals surface area contributed by atoms with Crippen LogP contribution < -0.4 is 15.0 Å². The zero-order chi connectivity index (χ0) is 26.7. The smallest absolute Gasteiger partial charge is 0.484 e. The molecule has 1 aliphatic heterocycles. The predicted octanol–water partition coefficient (Wildman–Crippen LogP) is 4.70. The lowest BCUT2D eigenvalue weighted by Crippen LogP contribution is -2.39. The highest BCUT2D eigenvalue weighted by Crippen LogP contribution is 2.33. The van der Waals surface area contributed by atoms with Crippen molar-refractivity contribution in [3.63, 3.8) is 0 Å². The molecule has 0 unspecified atom stereocenters. The molecule has 2 fully saturated rings. The number of alkyl halides is 3. The van der Waals surface area contributed by atoms with Gasteiger partial charge >= 0.3 is 12.1 Å². The minimum absolute atomic E-state index is 0.370. The molecule has 2 aliphatic rings. The summed E-state index contributed by atoms with van der Waals surface area (Å²) in [5.74, 6) is -4.81. The number of ether oxygens (including phenoxy) is 1. The normalized spacial score (nSPS) is 16.2. The zero-order valence-electron chi connectivity index (χ0n) is 19.1. The van der Waals surface area contributed by atoms with Crippen LogP contribution in [0, 0.1) is 17.5 Å². The number of piperidine rings is 1. The minimum Gasteiger partial charge on any atom is -0.484 e. The molecule has 1 aromatic carbocycles. The molecule has 3 heterocycles. The first kappa shape index (κ1) is 26.2. The van der Waals surface area contributed by atoms with Crippen molar-refractivity contribution in [3.05, 3.63) is 48.0 Å². The molecule has 37 heavy (non-hydrogen) atoms. The number of nitrogens with zero attached hydrogens (tertiary/aromatic N) is 4. The van der Waals surface area contributed by atoms with Crippen LogP contribution in [0.25, 0.3) is 11.0 Å². The van der Waals surface area contributed by atoms with Crippen molar-refractivity contribution in [2.75, 3.05) is 23.3 Å². The van der Waals surface area contributed by atoms with Gasteiger partial charge in [-0.25, -0.2) is 27.9 Å². The van der Waals surface area contributed by atoms with Gasteiger partial charge in [-0.1, -0.05) is 0 Å². The number of anilines is 2. The number of carbonyl (C=O) groups is 1. The van der Waals surface area contributed by atoms with Gasteiger partial charge in [0, 0.05) is 50.3 Å². The first-order valence-electron chi connectivity index (χ1n) is 11.3. The molecule has 1 aliphatic carbocycles. The highest BCUT2D eigenvalue weighted by Gasteiger charge is 2.38. The number of hydrogen-bond acceptors (Lipinski definition) is 7. The first-order valence-corrected chi connectivity index (χ1v) is 11.3. The maximum absolute atomic E-state index is 13.9. The molecule has 1 saturated carbocycles. The molecule has 0 atom stereocenters. The Morgan fingerprint density at radius 1 is 1.03 bits per heavy atom. The van der Waals surface area contributed by atoms with Crippen LogP contribution in [-0.4, -0.2) is 57.4 Å². The van der Waals surface area contributed by atoms with Crippen molar-refractivity contribution < 1.29 is 41.0 Å². The highest BCUT2D eigenvalue weighted by molar-refractivity contribution is 5.80. The number of halogens is 6. The van der Waals surface area contributed by atoms with E-state index in [-0.39, 0.29) is 6.10 Å². The lowest BCUT2D eigenvalue weighted by Gasteiger charge is -2.33. The maximum atomic E-state index is 13.9. The van der Waals surface area contributed by atoms with Gasteiger partial charge in [-0.15, -0.1) is 0 Å². The van der Waals surface area contributed by atoms with Crippen molar-refractivity contribution in [1.82, 2.24) is 15.0 Å². The van der Waals surface area contributed by atoms with Crippen LogP contribution in [0.2, 0.25) is 0 Å². The van der Waals surface area contributed by atoms with Crippen molar-refractivity contribution in [1.29, 1.82) is 0 Å². The predicted molar refractivity (Wildman–Crippen MR) is 120 cm³/mol. The Labute approximate surface area is 206 Å². The van der Waals surface area contributed by atoms with Gasteiger partial charge < -0.3 is 20.1 Å². The summed E-state index contributed by atoms with van der Waals surface area (Å²) < 4.78 is 78.1. The molecule has 0 radical (unpaired) electrons. The Hall–Kier alpha value is -3.84. The highest BCUT2D eigenvalue weighted by atomic mass is 19.4. The first-order chi connectivity index (χ1) is 17.5. The molecule has 3 aromatic rings. The summed E-state index contributed by atoms with van der Waals surface area (Å²) >= 11 is 0. The lowest BCUT2D eigenvalue weighted by atomic mass is 10.1. The molecular formula is C23H21F6N5O3. The van der Waals surface area contributed by atoms with E-state index in [1.807, 2.05) is 6.07 Å². The van der Waals surface area contributed by atoms with E-state index in [2.05, 4.69) is 15.2 Å². The van der Waals surface area contributed by atoms with Gasteiger partial charge in [0.05, 0.1) is 11.7 Å². The number of carboxylic acids is 1. The van der Waals surface area contributed by atoms with Crippen LogP contribution in [0.5, 0.6) is 5.75 Å². The molecule has 8 nitrogen and oxygen atoms in total. The monoisotopic (exact) mass is 529 g/mol. The quantitative estimate of drug-likeness (QED) is 0.459. The third-order valence-electron chi connectivity index (χ3n) is 5.60. The van der Waals surface area contributed by atoms with Crippen LogP contribution >= 0.6 is 0 Å². The van der Waals surface area contributed by atoms with Crippen LogP contribution in [0.1, 0.15) is 25.7 Å². The summed E-state index contributed by atoms with van der Waals surface area (Å²) in [7, 11) is 0. The second-order valence-electron chi connectivity index (χ2n) is 8.48. The molecule has 14 heteroatoms. The Morgan fingerprint density at radius 2 is 1.65 bits per heavy atom. The molecule has 198 valence electrons. The molecule has 2 N–H and O–H groups in total. The zero-order valence-corrected chi connectivity index (χ0v) is 19.1. The number of hydrogen-bond donors (Lipinski definition) is 2. The molecule has 0 amide bonds. The van der Waals surface area contributed by atoms with Gasteiger partial charge in [0.2, 0.25) is 0 Å². The van der Waals surface area contributed by atoms with Crippen molar-refractivity contribution >= 4 is 28.6 Å². The van der Waals surface area contributed by atoms with Crippen LogP contribution in [0.4, 0.5) is 38.0 Å². The largest absolute Gasteiger partial charge is 0.490 e. The van der Waals surface area contributed by atoms with Crippen LogP contribution in [0.3, 0.4) is 0 Å². The average Bonchev–Trinajstić information content (AvgIpc) is 3.65. The SMILES string of the molecule is Fc1cc(F)c(OC2CCN(c3nc4cnccc4nc3NC3CC3)CC2)c(F)c1.O=C(O)C(F)(F)F. The van der Waals surface area contributed by atoms with Gasteiger partial charge in [0.25, 0.3) is 0 Å². The molecular weight excluding hydrogens is 508 g/mol. The average molecular weight is 529 g/mol. The lowest BCUT2D eigenvalue weighted by molar-refractivity contribution is -0.192. The number of rotatable bonds is 5. The fraction of sp³-hybridized carbons (Fsp3) is 0.391. The molecule has 0 bridgehead atoms. The number of fused-ring (bicyclic) bond motifs is 1. The van der Waals surface area contributed by atoms with Crippen molar-refractivity contribution in [3.8, 4) is 5.75 Å². The van der Waals surface area contributed by atoms with E-state index in [0.29, 0.717) is 49.6 Å². The van der Waals surface area contributed by atoms with Gasteiger partial charge in [-0.05, 0) is 18.9 Å². The Balaban J connectivity index is 0.000000405. The van der Waals surface area contributed by atoms with Gasteiger partial charge in [0.1, 0.15) is 17.4 Å². The van der Waals surface area contributed by atoms with E-state index in [9.17, 15) is 26.3 Å². The number of benzene rings is 1. The molecule has 0 spiro atoms. The van der Waals surface area contributed by atoms with Crippen molar-refractivity contribution in [2.24, 2.45) is 0 Å². The summed E-state index contributed by atoms with van der Waals surface area (Å²) in [6.07, 6.45) is 1.24. The maximum Gasteiger partial charge on any atom is 0.490 e. The van der Waals surface area contributed by atoms with E-state index in [0.717, 1.165) is 30.0 Å². The third kappa shape index (κ3) is 6.68. The van der Waals surface area contributed by atoms with Gasteiger partial charge in [-0.3, -0.25) is 4.98 Å². The third-order valence-corrected chi connectivity index (χ3v) is 5.60. The van der Waals surface area contributed by atoms with E-state index >= 15 is 0 Å². The Morgan fingerprint density at radius 3 is 2.22 bits per heavy atom. The van der Waals surface area contributed by atoms with E-state index in [4.69, 9.17) is 24.6 Å². The summed E-state index contributed by atoms with van der Waals surface area (Å²) in [6, 6.07) is 3.50. The molecule has 5 rings (SSSR count). The van der Waals surface area contributed by atoms with Crippen LogP contribution in [-0.2, 0) is 4.79 Å². The summed E-state index contributed by atoms with van der Waals surface area (Å²) in [4.78, 5) is 24.6. The fourth-order valence-corrected chi connectivity index (χ4v) is 3.63. The van der Waals surface area contributed by atoms with E-state index in [1.165, 1.54) is 0 Å². The van der Waals surface area contributed by atoms with Crippen LogP contribution in [0.15, 0.2) is 30.6 Å². The topological polar surface area (TPSA) is 100 Å². The van der Waals surface area contributed by atoms with Gasteiger partial charge in [-0.2, -0.15) is 13.2 Å². The van der Waals surface area contributed by atoms with E-state index < -0.39 is 35.3 Å². The fourth-order valence-electron chi connectivity index (χ4n) is 3.63. The number of nitrogens with one attached hydrogen (secondary N) is 1. The standard InChI is InChI=1S/C21H20F3N5O.C2HF3O2/c22-12-9-15(23)19(16(24)10-12)30-14-4-7-29(8-5-14)21-20(26-13-1-2-13)27-17-3-6-25-11-18(17)28-21;3-2(4,5)1(6)7/h3,6,9-11,13-14H,1-2,4-5,7-8H2,(H,26,27);(H,6,7). The van der Waals surface area contributed by atoms with Gasteiger partial charge in [0.15, 0.2) is 29.0 Å². The summed E-state index contributed by atoms with van der Waals surface area (Å²) in [5, 5.41) is 10.6. The van der Waals surface area contributed by atoms with Crippen molar-refractivity contribution in [2.45, 2.75) is 44.0 Å². The Bertz CT molecular complexity index is 1260. The number of aromatic nitrogens is 3. The summed E-state index contributed by atoms with van der Waals surface area (Å²) in [5.41, 5.74) is 1.49. The second kappa shape index (κ2) is 10.6. The second-order valence-corrected chi connectivity index (χ2v) is 8.48. The Kier molecular flexibility index (Phi) is 7.55. The minimum atomic E-state index is -5.08. The number of aliphatic carboxylic acids is 1. The number of pyridine rings is 1. The molecule has 1 saturated heterocycles.